The number of carbonyl (C=O) groups is 1. The molecular weight excluding hydrogens is 491 g/mol. The molecule has 180 valence electrons. The van der Waals surface area contributed by atoms with Crippen molar-refractivity contribution >= 4 is 27.6 Å². The Morgan fingerprint density at radius 2 is 1.53 bits per heavy atom. The molecule has 0 spiro atoms. The van der Waals surface area contributed by atoms with Crippen LogP contribution in [0.15, 0.2) is 77.7 Å². The van der Waals surface area contributed by atoms with Crippen molar-refractivity contribution in [1.29, 1.82) is 0 Å². The molecule has 0 saturated carbocycles. The van der Waals surface area contributed by atoms with Gasteiger partial charge in [0.25, 0.3) is 0 Å². The zero-order valence-corrected chi connectivity index (χ0v) is 19.5. The first kappa shape index (κ1) is 25.7. The molecule has 0 aromatic heterocycles. The van der Waals surface area contributed by atoms with E-state index >= 15 is 0 Å². The zero-order valence-electron chi connectivity index (χ0n) is 18.0. The number of benzene rings is 3. The number of alkyl halides is 3. The van der Waals surface area contributed by atoms with E-state index in [1.165, 1.54) is 65.0 Å². The number of aromatic carboxylic acids is 1. The molecular formula is C24H21ClF3NO4S. The summed E-state index contributed by atoms with van der Waals surface area (Å²) in [7, 11) is -4.10. The number of hydrogen-bond acceptors (Lipinski definition) is 3. The summed E-state index contributed by atoms with van der Waals surface area (Å²) < 4.78 is 67.5. The van der Waals surface area contributed by atoms with Gasteiger partial charge in [-0.25, -0.2) is 13.2 Å². The highest BCUT2D eigenvalue weighted by molar-refractivity contribution is 7.89. The molecule has 0 aliphatic heterocycles. The molecule has 0 radical (unpaired) electrons. The van der Waals surface area contributed by atoms with Crippen LogP contribution in [-0.4, -0.2) is 23.8 Å². The van der Waals surface area contributed by atoms with E-state index in [2.05, 4.69) is 0 Å². The summed E-state index contributed by atoms with van der Waals surface area (Å²) in [5.74, 6) is -1.12. The molecule has 1 atom stereocenters. The average molecular weight is 512 g/mol. The molecule has 0 saturated heterocycles. The van der Waals surface area contributed by atoms with Crippen molar-refractivity contribution in [3.05, 3.63) is 100 Å². The first-order valence-electron chi connectivity index (χ1n) is 10.2. The molecule has 0 aliphatic rings. The fourth-order valence-corrected chi connectivity index (χ4v) is 5.34. The summed E-state index contributed by atoms with van der Waals surface area (Å²) in [6.07, 6.45) is -4.23. The van der Waals surface area contributed by atoms with Crippen LogP contribution < -0.4 is 0 Å². The lowest BCUT2D eigenvalue weighted by Gasteiger charge is -2.31. The predicted molar refractivity (Wildman–Crippen MR) is 122 cm³/mol. The minimum atomic E-state index is -4.51. The van der Waals surface area contributed by atoms with Gasteiger partial charge in [-0.05, 0) is 66.1 Å². The van der Waals surface area contributed by atoms with Gasteiger partial charge in [-0.1, -0.05) is 42.8 Å². The number of hydrogen-bond donors (Lipinski definition) is 1. The number of halogens is 4. The van der Waals surface area contributed by atoms with Crippen LogP contribution in [0.3, 0.4) is 0 Å². The molecule has 1 unspecified atom stereocenters. The number of carboxylic acids is 1. The Morgan fingerprint density at radius 1 is 0.971 bits per heavy atom. The molecule has 3 aromatic rings. The van der Waals surface area contributed by atoms with E-state index in [0.717, 1.165) is 12.1 Å². The molecule has 10 heteroatoms. The van der Waals surface area contributed by atoms with Gasteiger partial charge in [-0.15, -0.1) is 0 Å². The van der Waals surface area contributed by atoms with Gasteiger partial charge in [0.1, 0.15) is 0 Å². The Kier molecular flexibility index (Phi) is 7.70. The number of rotatable bonds is 8. The summed E-state index contributed by atoms with van der Waals surface area (Å²) in [5, 5.41) is 9.47. The average Bonchev–Trinajstić information content (AvgIpc) is 2.79. The first-order chi connectivity index (χ1) is 15.9. The highest BCUT2D eigenvalue weighted by atomic mass is 35.5. The Balaban J connectivity index is 2.06. The van der Waals surface area contributed by atoms with E-state index in [1.54, 1.807) is 6.92 Å². The maximum absolute atomic E-state index is 13.6. The lowest BCUT2D eigenvalue weighted by molar-refractivity contribution is -0.137. The van der Waals surface area contributed by atoms with Gasteiger partial charge < -0.3 is 5.11 Å². The highest BCUT2D eigenvalue weighted by Crippen LogP contribution is 2.35. The van der Waals surface area contributed by atoms with Crippen molar-refractivity contribution in [1.82, 2.24) is 4.31 Å². The van der Waals surface area contributed by atoms with Crippen LogP contribution in [0.2, 0.25) is 5.02 Å². The van der Waals surface area contributed by atoms with Crippen molar-refractivity contribution in [2.45, 2.75) is 37.0 Å². The van der Waals surface area contributed by atoms with E-state index in [9.17, 15) is 26.4 Å². The molecule has 0 fully saturated rings. The highest BCUT2D eigenvalue weighted by Gasteiger charge is 2.34. The van der Waals surface area contributed by atoms with Gasteiger partial charge >= 0.3 is 12.1 Å². The normalized spacial score (nSPS) is 13.1. The van der Waals surface area contributed by atoms with Crippen molar-refractivity contribution in [3.8, 4) is 0 Å². The number of nitrogens with zero attached hydrogens (tertiary/aromatic N) is 1. The van der Waals surface area contributed by atoms with Crippen molar-refractivity contribution in [3.63, 3.8) is 0 Å². The minimum Gasteiger partial charge on any atom is -0.478 e. The third-order valence-electron chi connectivity index (χ3n) is 5.32. The van der Waals surface area contributed by atoms with Crippen LogP contribution in [0.1, 0.15) is 46.4 Å². The molecule has 5 nitrogen and oxygen atoms in total. The Labute approximate surface area is 200 Å². The lowest BCUT2D eigenvalue weighted by Crippen LogP contribution is -2.34. The molecule has 0 heterocycles. The van der Waals surface area contributed by atoms with Crippen LogP contribution >= 0.6 is 11.6 Å². The predicted octanol–water partition coefficient (Wildman–Crippen LogP) is 6.40. The quantitative estimate of drug-likeness (QED) is 0.380. The Morgan fingerprint density at radius 3 is 2.00 bits per heavy atom. The third kappa shape index (κ3) is 5.78. The molecule has 34 heavy (non-hydrogen) atoms. The van der Waals surface area contributed by atoms with E-state index in [1.807, 2.05) is 0 Å². The van der Waals surface area contributed by atoms with E-state index in [4.69, 9.17) is 16.7 Å². The van der Waals surface area contributed by atoms with Gasteiger partial charge in [0.2, 0.25) is 10.0 Å². The zero-order chi connectivity index (χ0) is 25.1. The monoisotopic (exact) mass is 511 g/mol. The summed E-state index contributed by atoms with van der Waals surface area (Å²) >= 11 is 5.90. The van der Waals surface area contributed by atoms with Crippen LogP contribution in [0.4, 0.5) is 13.2 Å². The molecule has 0 aliphatic carbocycles. The van der Waals surface area contributed by atoms with Crippen LogP contribution in [0, 0.1) is 0 Å². The molecule has 0 amide bonds. The summed E-state index contributed by atoms with van der Waals surface area (Å²) in [6, 6.07) is 15.0. The molecule has 3 aromatic carbocycles. The second-order valence-corrected chi connectivity index (χ2v) is 9.88. The lowest BCUT2D eigenvalue weighted by atomic mass is 10.0. The van der Waals surface area contributed by atoms with Crippen molar-refractivity contribution in [2.24, 2.45) is 0 Å². The van der Waals surface area contributed by atoms with Gasteiger partial charge in [0.15, 0.2) is 0 Å². The SMILES string of the molecule is CCC(c1ccc(C(F)(F)F)cc1)N(Cc1ccc(C(=O)O)cc1)S(=O)(=O)c1ccc(Cl)cc1. The largest absolute Gasteiger partial charge is 0.478 e. The van der Waals surface area contributed by atoms with E-state index in [0.29, 0.717) is 16.1 Å². The number of carboxylic acid groups (broad SMARTS) is 1. The molecule has 1 N–H and O–H groups in total. The first-order valence-corrected chi connectivity index (χ1v) is 12.0. The maximum Gasteiger partial charge on any atom is 0.416 e. The van der Waals surface area contributed by atoms with E-state index < -0.39 is 33.8 Å². The second-order valence-electron chi connectivity index (χ2n) is 7.55. The standard InChI is InChI=1S/C24H21ClF3NO4S/c1-2-22(17-7-9-19(10-8-17)24(26,27)28)29(15-16-3-5-18(6-4-16)23(30)31)34(32,33)21-13-11-20(25)12-14-21/h3-14,22H,2,15H2,1H3,(H,30,31). The second kappa shape index (κ2) is 10.2. The van der Waals surface area contributed by atoms with Crippen molar-refractivity contribution in [2.75, 3.05) is 0 Å². The fraction of sp³-hybridized carbons (Fsp3) is 0.208. The third-order valence-corrected chi connectivity index (χ3v) is 7.44. The minimum absolute atomic E-state index is 0.0237. The van der Waals surface area contributed by atoms with Gasteiger partial charge in [0, 0.05) is 11.6 Å². The Bertz CT molecular complexity index is 1240. The maximum atomic E-state index is 13.6. The summed E-state index contributed by atoms with van der Waals surface area (Å²) in [5.41, 5.74) is 0.135. The van der Waals surface area contributed by atoms with Gasteiger partial charge in [0.05, 0.1) is 22.1 Å². The fourth-order valence-electron chi connectivity index (χ4n) is 3.54. The summed E-state index contributed by atoms with van der Waals surface area (Å²) in [6.45, 7) is 1.62. The topological polar surface area (TPSA) is 74.7 Å². The summed E-state index contributed by atoms with van der Waals surface area (Å²) in [4.78, 5) is 11.1. The van der Waals surface area contributed by atoms with Gasteiger partial charge in [-0.3, -0.25) is 0 Å². The molecule has 0 bridgehead atoms. The van der Waals surface area contributed by atoms with Crippen LogP contribution in [0.5, 0.6) is 0 Å². The van der Waals surface area contributed by atoms with Crippen LogP contribution in [0.25, 0.3) is 0 Å². The number of sulfonamides is 1. The Hall–Kier alpha value is -2.88. The van der Waals surface area contributed by atoms with Gasteiger partial charge in [-0.2, -0.15) is 17.5 Å². The van der Waals surface area contributed by atoms with Crippen molar-refractivity contribution < 1.29 is 31.5 Å². The van der Waals surface area contributed by atoms with Crippen LogP contribution in [-0.2, 0) is 22.7 Å². The molecule has 3 rings (SSSR count). The van der Waals surface area contributed by atoms with E-state index in [-0.39, 0.29) is 23.4 Å². The smallest absolute Gasteiger partial charge is 0.416 e.